The lowest BCUT2D eigenvalue weighted by Crippen LogP contribution is -2.48. The van der Waals surface area contributed by atoms with Crippen LogP contribution in [0.5, 0.6) is 0 Å². The van der Waals surface area contributed by atoms with E-state index in [4.69, 9.17) is 9.84 Å². The van der Waals surface area contributed by atoms with E-state index >= 15 is 0 Å². The van der Waals surface area contributed by atoms with Crippen molar-refractivity contribution in [2.24, 2.45) is 5.92 Å². The van der Waals surface area contributed by atoms with Gasteiger partial charge in [-0.3, -0.25) is 0 Å². The Bertz CT molecular complexity index is 619. The molecule has 6 heteroatoms. The monoisotopic (exact) mass is 278 g/mol. The van der Waals surface area contributed by atoms with Crippen LogP contribution in [0.4, 0.5) is 5.13 Å². The van der Waals surface area contributed by atoms with Crippen molar-refractivity contribution < 1.29 is 14.6 Å². The standard InChI is InChI=1S/C13H14N2O3S/c1-18-12(17)9-2-3-11-10(4-9)14-13(19-11)15-5-8(6-15)7-16/h2-4,8,16H,5-7H2,1H3. The Morgan fingerprint density at radius 3 is 3.05 bits per heavy atom. The van der Waals surface area contributed by atoms with E-state index in [1.807, 2.05) is 6.07 Å². The lowest BCUT2D eigenvalue weighted by atomic mass is 10.0. The number of carbonyl (C=O) groups is 1. The largest absolute Gasteiger partial charge is 0.465 e. The number of aliphatic hydroxyl groups is 1. The molecule has 1 fully saturated rings. The fraction of sp³-hybridized carbons (Fsp3) is 0.385. The van der Waals surface area contributed by atoms with Gasteiger partial charge in [-0.25, -0.2) is 9.78 Å². The minimum absolute atomic E-state index is 0.230. The molecule has 1 saturated heterocycles. The van der Waals surface area contributed by atoms with Crippen molar-refractivity contribution in [3.63, 3.8) is 0 Å². The zero-order valence-corrected chi connectivity index (χ0v) is 11.3. The third-order valence-electron chi connectivity index (χ3n) is 3.28. The predicted octanol–water partition coefficient (Wildman–Crippen LogP) is 1.51. The van der Waals surface area contributed by atoms with Gasteiger partial charge in [0, 0.05) is 25.6 Å². The molecule has 2 heterocycles. The normalized spacial score (nSPS) is 15.6. The van der Waals surface area contributed by atoms with Crippen molar-refractivity contribution in [1.29, 1.82) is 0 Å². The highest BCUT2D eigenvalue weighted by atomic mass is 32.1. The van der Waals surface area contributed by atoms with Crippen LogP contribution in [-0.2, 0) is 4.74 Å². The molecule has 19 heavy (non-hydrogen) atoms. The Labute approximate surface area is 114 Å². The van der Waals surface area contributed by atoms with Crippen LogP contribution in [0.1, 0.15) is 10.4 Å². The molecule has 1 N–H and O–H groups in total. The molecule has 3 rings (SSSR count). The number of hydrogen-bond donors (Lipinski definition) is 1. The third kappa shape index (κ3) is 2.17. The Morgan fingerprint density at radius 2 is 2.37 bits per heavy atom. The molecule has 0 bridgehead atoms. The van der Waals surface area contributed by atoms with E-state index in [-0.39, 0.29) is 12.6 Å². The summed E-state index contributed by atoms with van der Waals surface area (Å²) < 4.78 is 5.75. The number of rotatable bonds is 3. The lowest BCUT2D eigenvalue weighted by molar-refractivity contribution is 0.0601. The van der Waals surface area contributed by atoms with Gasteiger partial charge in [0.15, 0.2) is 5.13 Å². The maximum absolute atomic E-state index is 11.5. The number of fused-ring (bicyclic) bond motifs is 1. The molecule has 0 spiro atoms. The van der Waals surface area contributed by atoms with E-state index in [1.165, 1.54) is 7.11 Å². The molecule has 0 aliphatic carbocycles. The highest BCUT2D eigenvalue weighted by Crippen LogP contribution is 2.33. The van der Waals surface area contributed by atoms with E-state index in [0.717, 1.165) is 28.4 Å². The van der Waals surface area contributed by atoms with Gasteiger partial charge in [-0.15, -0.1) is 0 Å². The molecule has 0 unspecified atom stereocenters. The van der Waals surface area contributed by atoms with Crippen molar-refractivity contribution >= 4 is 32.7 Å². The number of benzene rings is 1. The molecular formula is C13H14N2O3S. The molecule has 1 aromatic heterocycles. The van der Waals surface area contributed by atoms with E-state index in [1.54, 1.807) is 23.5 Å². The number of methoxy groups -OCH3 is 1. The number of thiazole rings is 1. The first-order valence-corrected chi connectivity index (χ1v) is 6.87. The molecule has 0 atom stereocenters. The Morgan fingerprint density at radius 1 is 1.58 bits per heavy atom. The minimum Gasteiger partial charge on any atom is -0.465 e. The van der Waals surface area contributed by atoms with Gasteiger partial charge in [0.05, 0.1) is 22.9 Å². The summed E-state index contributed by atoms with van der Waals surface area (Å²) in [5.74, 6) is 0.0124. The third-order valence-corrected chi connectivity index (χ3v) is 4.38. The smallest absolute Gasteiger partial charge is 0.337 e. The molecule has 5 nitrogen and oxygen atoms in total. The average Bonchev–Trinajstić information content (AvgIpc) is 2.78. The highest BCUT2D eigenvalue weighted by Gasteiger charge is 2.28. The first kappa shape index (κ1) is 12.4. The quantitative estimate of drug-likeness (QED) is 0.862. The average molecular weight is 278 g/mol. The SMILES string of the molecule is COC(=O)c1ccc2sc(N3CC(CO)C3)nc2c1. The summed E-state index contributed by atoms with van der Waals surface area (Å²) in [5, 5.41) is 9.97. The van der Waals surface area contributed by atoms with E-state index < -0.39 is 0 Å². The lowest BCUT2D eigenvalue weighted by Gasteiger charge is -2.37. The van der Waals surface area contributed by atoms with Gasteiger partial charge in [0.2, 0.25) is 0 Å². The van der Waals surface area contributed by atoms with Crippen molar-refractivity contribution in [3.05, 3.63) is 23.8 Å². The Kier molecular flexibility index (Phi) is 3.12. The van der Waals surface area contributed by atoms with E-state index in [0.29, 0.717) is 11.5 Å². The second-order valence-electron chi connectivity index (χ2n) is 4.62. The van der Waals surface area contributed by atoms with Crippen LogP contribution in [0, 0.1) is 5.92 Å². The van der Waals surface area contributed by atoms with E-state index in [2.05, 4.69) is 9.88 Å². The second kappa shape index (κ2) is 4.79. The van der Waals surface area contributed by atoms with Crippen molar-refractivity contribution in [3.8, 4) is 0 Å². The van der Waals surface area contributed by atoms with Crippen LogP contribution in [0.3, 0.4) is 0 Å². The summed E-state index contributed by atoms with van der Waals surface area (Å²) >= 11 is 1.60. The summed E-state index contributed by atoms with van der Waals surface area (Å²) in [4.78, 5) is 18.1. The summed E-state index contributed by atoms with van der Waals surface area (Å²) in [7, 11) is 1.37. The van der Waals surface area contributed by atoms with Crippen molar-refractivity contribution in [1.82, 2.24) is 4.98 Å². The van der Waals surface area contributed by atoms with Crippen molar-refractivity contribution in [2.75, 3.05) is 31.7 Å². The number of hydrogen-bond acceptors (Lipinski definition) is 6. The molecule has 100 valence electrons. The molecule has 0 amide bonds. The number of ether oxygens (including phenoxy) is 1. The summed E-state index contributed by atoms with van der Waals surface area (Å²) in [6, 6.07) is 5.40. The summed E-state index contributed by atoms with van der Waals surface area (Å²) in [5.41, 5.74) is 1.33. The van der Waals surface area contributed by atoms with Gasteiger partial charge in [0.25, 0.3) is 0 Å². The second-order valence-corrected chi connectivity index (χ2v) is 5.63. The maximum Gasteiger partial charge on any atom is 0.337 e. The van der Waals surface area contributed by atoms with Crippen molar-refractivity contribution in [2.45, 2.75) is 0 Å². The first-order chi connectivity index (χ1) is 9.21. The molecule has 1 aliphatic heterocycles. The molecule has 0 saturated carbocycles. The molecule has 1 aromatic carbocycles. The summed E-state index contributed by atoms with van der Waals surface area (Å²) in [6.07, 6.45) is 0. The van der Waals surface area contributed by atoms with Crippen LogP contribution in [0.15, 0.2) is 18.2 Å². The van der Waals surface area contributed by atoms with Gasteiger partial charge < -0.3 is 14.7 Å². The number of nitrogens with zero attached hydrogens (tertiary/aromatic N) is 2. The Balaban J connectivity index is 1.87. The maximum atomic E-state index is 11.5. The number of aliphatic hydroxyl groups excluding tert-OH is 1. The minimum atomic E-state index is -0.347. The number of esters is 1. The number of aromatic nitrogens is 1. The highest BCUT2D eigenvalue weighted by molar-refractivity contribution is 7.22. The number of carbonyl (C=O) groups excluding carboxylic acids is 1. The van der Waals surface area contributed by atoms with Gasteiger partial charge in [-0.05, 0) is 18.2 Å². The van der Waals surface area contributed by atoms with Crippen LogP contribution >= 0.6 is 11.3 Å². The van der Waals surface area contributed by atoms with Crippen LogP contribution < -0.4 is 4.90 Å². The molecule has 1 aliphatic rings. The summed E-state index contributed by atoms with van der Waals surface area (Å²) in [6.45, 7) is 1.92. The van der Waals surface area contributed by atoms with Gasteiger partial charge in [0.1, 0.15) is 0 Å². The molecular weight excluding hydrogens is 264 g/mol. The fourth-order valence-corrected chi connectivity index (χ4v) is 3.10. The van der Waals surface area contributed by atoms with Crippen LogP contribution in [0.25, 0.3) is 10.2 Å². The zero-order chi connectivity index (χ0) is 13.4. The van der Waals surface area contributed by atoms with Crippen LogP contribution in [-0.4, -0.2) is 42.9 Å². The zero-order valence-electron chi connectivity index (χ0n) is 10.5. The molecule has 2 aromatic rings. The van der Waals surface area contributed by atoms with Crippen LogP contribution in [0.2, 0.25) is 0 Å². The Hall–Kier alpha value is -1.66. The van der Waals surface area contributed by atoms with Gasteiger partial charge in [-0.2, -0.15) is 0 Å². The van der Waals surface area contributed by atoms with Gasteiger partial charge >= 0.3 is 5.97 Å². The first-order valence-electron chi connectivity index (χ1n) is 6.06. The number of anilines is 1. The van der Waals surface area contributed by atoms with E-state index in [9.17, 15) is 4.79 Å². The van der Waals surface area contributed by atoms with Gasteiger partial charge in [-0.1, -0.05) is 11.3 Å². The predicted molar refractivity (Wildman–Crippen MR) is 73.7 cm³/mol. The fourth-order valence-electron chi connectivity index (χ4n) is 2.14. The topological polar surface area (TPSA) is 62.7 Å². The molecule has 0 radical (unpaired) electrons.